The minimum absolute atomic E-state index is 0.594. The number of nitrogens with one attached hydrogen (secondary N) is 1. The molecule has 0 aromatic heterocycles. The highest BCUT2D eigenvalue weighted by Crippen LogP contribution is 2.48. The van der Waals surface area contributed by atoms with E-state index < -0.39 is 0 Å². The lowest BCUT2D eigenvalue weighted by atomic mass is 10.0. The topological polar surface area (TPSA) is 12.0 Å². The molecule has 1 fully saturated rings. The number of halogens is 1. The molecule has 0 saturated heterocycles. The van der Waals surface area contributed by atoms with Crippen LogP contribution in [0.1, 0.15) is 33.1 Å². The quantitative estimate of drug-likeness (QED) is 0.634. The van der Waals surface area contributed by atoms with Crippen molar-refractivity contribution in [1.82, 2.24) is 5.32 Å². The Morgan fingerprint density at radius 1 is 1.42 bits per heavy atom. The largest absolute Gasteiger partial charge is 0.316 e. The van der Waals surface area contributed by atoms with Gasteiger partial charge in [0.25, 0.3) is 0 Å². The monoisotopic (exact) mass is 189 g/mol. The maximum Gasteiger partial charge on any atom is 0.0229 e. The van der Waals surface area contributed by atoms with Crippen molar-refractivity contribution in [3.63, 3.8) is 0 Å². The van der Waals surface area contributed by atoms with Crippen molar-refractivity contribution >= 4 is 11.6 Å². The summed E-state index contributed by atoms with van der Waals surface area (Å²) in [6, 6.07) is 0. The van der Waals surface area contributed by atoms with Crippen molar-refractivity contribution in [3.05, 3.63) is 0 Å². The fourth-order valence-corrected chi connectivity index (χ4v) is 1.92. The van der Waals surface area contributed by atoms with E-state index in [0.29, 0.717) is 5.41 Å². The van der Waals surface area contributed by atoms with Gasteiger partial charge in [0.05, 0.1) is 0 Å². The van der Waals surface area contributed by atoms with E-state index in [-0.39, 0.29) is 0 Å². The Hall–Kier alpha value is 0.250. The van der Waals surface area contributed by atoms with Crippen molar-refractivity contribution in [2.75, 3.05) is 19.0 Å². The smallest absolute Gasteiger partial charge is 0.0229 e. The first-order valence-corrected chi connectivity index (χ1v) is 5.49. The lowest BCUT2D eigenvalue weighted by molar-refractivity contribution is 0.425. The van der Waals surface area contributed by atoms with Crippen LogP contribution in [0.15, 0.2) is 0 Å². The Labute approximate surface area is 80.9 Å². The van der Waals surface area contributed by atoms with Crippen LogP contribution in [0.2, 0.25) is 0 Å². The Kier molecular flexibility index (Phi) is 3.85. The maximum atomic E-state index is 5.74. The van der Waals surface area contributed by atoms with E-state index in [0.717, 1.165) is 18.3 Å². The second-order valence-electron chi connectivity index (χ2n) is 4.46. The third kappa shape index (κ3) is 3.32. The van der Waals surface area contributed by atoms with Gasteiger partial charge in [0.2, 0.25) is 0 Å². The van der Waals surface area contributed by atoms with Gasteiger partial charge in [0.15, 0.2) is 0 Å². The average Bonchev–Trinajstić information content (AvgIpc) is 2.69. The summed E-state index contributed by atoms with van der Waals surface area (Å²) in [6.45, 7) is 6.81. The minimum Gasteiger partial charge on any atom is -0.316 e. The highest BCUT2D eigenvalue weighted by atomic mass is 35.5. The molecule has 0 bridgehead atoms. The SMILES string of the molecule is CC(C)CNCC1(CCCl)CC1. The molecule has 2 heteroatoms. The molecule has 1 aliphatic rings. The molecule has 12 heavy (non-hydrogen) atoms. The van der Waals surface area contributed by atoms with E-state index in [1.165, 1.54) is 25.8 Å². The zero-order chi connectivity index (χ0) is 9.03. The van der Waals surface area contributed by atoms with Crippen LogP contribution in [-0.4, -0.2) is 19.0 Å². The molecule has 0 aromatic rings. The summed E-state index contributed by atoms with van der Waals surface area (Å²) in [6.07, 6.45) is 3.95. The summed E-state index contributed by atoms with van der Waals surface area (Å²) in [7, 11) is 0. The molecule has 0 unspecified atom stereocenters. The van der Waals surface area contributed by atoms with E-state index >= 15 is 0 Å². The first kappa shape index (κ1) is 10.3. The second-order valence-corrected chi connectivity index (χ2v) is 4.84. The van der Waals surface area contributed by atoms with Crippen LogP contribution in [-0.2, 0) is 0 Å². The van der Waals surface area contributed by atoms with Gasteiger partial charge < -0.3 is 5.32 Å². The van der Waals surface area contributed by atoms with Gasteiger partial charge in [-0.2, -0.15) is 0 Å². The van der Waals surface area contributed by atoms with Crippen molar-refractivity contribution in [2.45, 2.75) is 33.1 Å². The molecule has 72 valence electrons. The summed E-state index contributed by atoms with van der Waals surface area (Å²) in [5, 5.41) is 3.51. The van der Waals surface area contributed by atoms with Crippen LogP contribution in [0.4, 0.5) is 0 Å². The first-order chi connectivity index (χ1) is 5.68. The molecular weight excluding hydrogens is 170 g/mol. The van der Waals surface area contributed by atoms with Gasteiger partial charge in [0, 0.05) is 12.4 Å². The molecule has 1 nitrogen and oxygen atoms in total. The molecule has 0 spiro atoms. The Balaban J connectivity index is 2.06. The fourth-order valence-electron chi connectivity index (χ4n) is 1.52. The third-order valence-corrected chi connectivity index (χ3v) is 2.82. The van der Waals surface area contributed by atoms with E-state index in [2.05, 4.69) is 19.2 Å². The van der Waals surface area contributed by atoms with Crippen molar-refractivity contribution in [1.29, 1.82) is 0 Å². The van der Waals surface area contributed by atoms with Crippen LogP contribution in [0, 0.1) is 11.3 Å². The van der Waals surface area contributed by atoms with Gasteiger partial charge in [-0.1, -0.05) is 13.8 Å². The van der Waals surface area contributed by atoms with Gasteiger partial charge in [0.1, 0.15) is 0 Å². The van der Waals surface area contributed by atoms with Crippen LogP contribution >= 0.6 is 11.6 Å². The molecule has 1 saturated carbocycles. The van der Waals surface area contributed by atoms with Crippen molar-refractivity contribution in [3.8, 4) is 0 Å². The molecule has 0 aliphatic heterocycles. The predicted molar refractivity (Wildman–Crippen MR) is 54.7 cm³/mol. The highest BCUT2D eigenvalue weighted by Gasteiger charge is 2.40. The molecule has 1 N–H and O–H groups in total. The first-order valence-electron chi connectivity index (χ1n) is 4.95. The third-order valence-electron chi connectivity index (χ3n) is 2.63. The van der Waals surface area contributed by atoms with Crippen LogP contribution < -0.4 is 5.32 Å². The standard InChI is InChI=1S/C10H20ClN/c1-9(2)7-12-8-10(3-4-10)5-6-11/h9,12H,3-8H2,1-2H3. The van der Waals surface area contributed by atoms with Gasteiger partial charge >= 0.3 is 0 Å². The molecule has 0 heterocycles. The van der Waals surface area contributed by atoms with Gasteiger partial charge in [-0.15, -0.1) is 11.6 Å². The highest BCUT2D eigenvalue weighted by molar-refractivity contribution is 6.17. The number of hydrogen-bond donors (Lipinski definition) is 1. The maximum absolute atomic E-state index is 5.74. The fraction of sp³-hybridized carbons (Fsp3) is 1.00. The lowest BCUT2D eigenvalue weighted by Crippen LogP contribution is -2.27. The van der Waals surface area contributed by atoms with Gasteiger partial charge in [-0.05, 0) is 37.1 Å². The Bertz CT molecular complexity index is 130. The van der Waals surface area contributed by atoms with E-state index in [4.69, 9.17) is 11.6 Å². The zero-order valence-electron chi connectivity index (χ0n) is 8.20. The second kappa shape index (κ2) is 4.48. The lowest BCUT2D eigenvalue weighted by Gasteiger charge is -2.15. The summed E-state index contributed by atoms with van der Waals surface area (Å²) >= 11 is 5.74. The zero-order valence-corrected chi connectivity index (χ0v) is 8.95. The number of alkyl halides is 1. The van der Waals surface area contributed by atoms with Crippen LogP contribution in [0.25, 0.3) is 0 Å². The van der Waals surface area contributed by atoms with Crippen molar-refractivity contribution in [2.24, 2.45) is 11.3 Å². The Morgan fingerprint density at radius 3 is 2.50 bits per heavy atom. The van der Waals surface area contributed by atoms with E-state index in [1.54, 1.807) is 0 Å². The summed E-state index contributed by atoms with van der Waals surface area (Å²) in [4.78, 5) is 0. The molecule has 0 amide bonds. The average molecular weight is 190 g/mol. The normalized spacial score (nSPS) is 20.0. The summed E-state index contributed by atoms with van der Waals surface area (Å²) in [5.41, 5.74) is 0.594. The van der Waals surface area contributed by atoms with Gasteiger partial charge in [-0.25, -0.2) is 0 Å². The minimum atomic E-state index is 0.594. The van der Waals surface area contributed by atoms with Gasteiger partial charge in [-0.3, -0.25) is 0 Å². The molecule has 0 atom stereocenters. The number of rotatable bonds is 6. The number of hydrogen-bond acceptors (Lipinski definition) is 1. The molecule has 0 radical (unpaired) electrons. The predicted octanol–water partition coefficient (Wildman–Crippen LogP) is 2.64. The molecule has 0 aromatic carbocycles. The van der Waals surface area contributed by atoms with E-state index in [9.17, 15) is 0 Å². The van der Waals surface area contributed by atoms with Crippen molar-refractivity contribution < 1.29 is 0 Å². The summed E-state index contributed by atoms with van der Waals surface area (Å²) < 4.78 is 0. The molecule has 1 aliphatic carbocycles. The van der Waals surface area contributed by atoms with Crippen LogP contribution in [0.3, 0.4) is 0 Å². The Morgan fingerprint density at radius 2 is 2.08 bits per heavy atom. The van der Waals surface area contributed by atoms with Crippen LogP contribution in [0.5, 0.6) is 0 Å². The summed E-state index contributed by atoms with van der Waals surface area (Å²) in [5.74, 6) is 1.58. The van der Waals surface area contributed by atoms with E-state index in [1.807, 2.05) is 0 Å². The molecular formula is C10H20ClN. The molecule has 1 rings (SSSR count).